The Hall–Kier alpha value is -0.300. The number of carbonyl (C=O) groups is 1. The Labute approximate surface area is 100 Å². The number of carbonyl (C=O) groups excluding carboxylic acids is 1. The number of aliphatic hydroxyl groups excluding tert-OH is 3. The van der Waals surface area contributed by atoms with Crippen LogP contribution >= 0.6 is 11.8 Å². The molecule has 4 N–H and O–H groups in total. The maximum Gasteiger partial charge on any atom is 0.230 e. The summed E-state index contributed by atoms with van der Waals surface area (Å²) >= 11 is 1.50. The standard InChI is InChI=1S/C10H21NO4S/c1-2-3-4-16-5-9(15)11-10(6-12,7-13)8-14/h12-14H,2-8H2,1H3,(H,11,15). The molecule has 6 heteroatoms. The lowest BCUT2D eigenvalue weighted by atomic mass is 10.0. The third-order valence-electron chi connectivity index (χ3n) is 2.19. The van der Waals surface area contributed by atoms with E-state index in [0.717, 1.165) is 18.6 Å². The summed E-state index contributed by atoms with van der Waals surface area (Å²) in [7, 11) is 0. The Morgan fingerprint density at radius 2 is 1.81 bits per heavy atom. The SMILES string of the molecule is CCCCSCC(=O)NC(CO)(CO)CO. The van der Waals surface area contributed by atoms with Crippen LogP contribution in [0.3, 0.4) is 0 Å². The van der Waals surface area contributed by atoms with Crippen LogP contribution in [0.25, 0.3) is 0 Å². The van der Waals surface area contributed by atoms with Gasteiger partial charge in [0.1, 0.15) is 5.54 Å². The van der Waals surface area contributed by atoms with E-state index < -0.39 is 25.4 Å². The monoisotopic (exact) mass is 251 g/mol. The lowest BCUT2D eigenvalue weighted by Crippen LogP contribution is -2.57. The van der Waals surface area contributed by atoms with Crippen molar-refractivity contribution in [1.29, 1.82) is 0 Å². The van der Waals surface area contributed by atoms with Crippen LogP contribution in [0.15, 0.2) is 0 Å². The number of hydrogen-bond acceptors (Lipinski definition) is 5. The van der Waals surface area contributed by atoms with Crippen molar-refractivity contribution in [2.75, 3.05) is 31.3 Å². The third kappa shape index (κ3) is 5.69. The number of thioether (sulfide) groups is 1. The quantitative estimate of drug-likeness (QED) is 0.409. The Balaban J connectivity index is 3.91. The predicted molar refractivity (Wildman–Crippen MR) is 64.4 cm³/mol. The number of rotatable bonds is 9. The van der Waals surface area contributed by atoms with E-state index in [-0.39, 0.29) is 11.7 Å². The van der Waals surface area contributed by atoms with E-state index in [1.807, 2.05) is 0 Å². The molecule has 0 aromatic carbocycles. The number of hydrogen-bond donors (Lipinski definition) is 4. The largest absolute Gasteiger partial charge is 0.394 e. The Morgan fingerprint density at radius 1 is 1.25 bits per heavy atom. The summed E-state index contributed by atoms with van der Waals surface area (Å²) in [4.78, 5) is 11.4. The summed E-state index contributed by atoms with van der Waals surface area (Å²) in [6.45, 7) is 0.636. The zero-order valence-electron chi connectivity index (χ0n) is 9.61. The molecule has 5 nitrogen and oxygen atoms in total. The van der Waals surface area contributed by atoms with Gasteiger partial charge < -0.3 is 20.6 Å². The van der Waals surface area contributed by atoms with E-state index in [9.17, 15) is 4.79 Å². The highest BCUT2D eigenvalue weighted by atomic mass is 32.2. The second-order valence-electron chi connectivity index (χ2n) is 3.71. The molecule has 0 heterocycles. The molecule has 0 aliphatic heterocycles. The molecule has 0 aromatic heterocycles. The lowest BCUT2D eigenvalue weighted by Gasteiger charge is -2.28. The normalized spacial score (nSPS) is 11.5. The fourth-order valence-electron chi connectivity index (χ4n) is 1.01. The van der Waals surface area contributed by atoms with Crippen LogP contribution in [-0.4, -0.2) is 58.1 Å². The molecule has 0 rings (SSSR count). The number of unbranched alkanes of at least 4 members (excludes halogenated alkanes) is 1. The maximum absolute atomic E-state index is 11.4. The van der Waals surface area contributed by atoms with E-state index in [4.69, 9.17) is 15.3 Å². The molecule has 0 atom stereocenters. The van der Waals surface area contributed by atoms with Crippen molar-refractivity contribution in [3.8, 4) is 0 Å². The smallest absolute Gasteiger partial charge is 0.230 e. The maximum atomic E-state index is 11.4. The molecule has 0 unspecified atom stereocenters. The Morgan fingerprint density at radius 3 is 2.25 bits per heavy atom. The van der Waals surface area contributed by atoms with Crippen LogP contribution in [0.4, 0.5) is 0 Å². The van der Waals surface area contributed by atoms with Gasteiger partial charge in [0.15, 0.2) is 0 Å². The molecule has 0 saturated carbocycles. The molecule has 0 aliphatic rings. The molecule has 1 amide bonds. The van der Waals surface area contributed by atoms with Crippen LogP contribution in [0.5, 0.6) is 0 Å². The summed E-state index contributed by atoms with van der Waals surface area (Å²) in [5.41, 5.74) is -1.30. The molecule has 0 radical (unpaired) electrons. The summed E-state index contributed by atoms with van der Waals surface area (Å²) in [5.74, 6) is 0.911. The van der Waals surface area contributed by atoms with Gasteiger partial charge in [-0.3, -0.25) is 4.79 Å². The average Bonchev–Trinajstić information content (AvgIpc) is 2.32. The van der Waals surface area contributed by atoms with Crippen molar-refractivity contribution in [2.45, 2.75) is 25.3 Å². The number of amides is 1. The van der Waals surface area contributed by atoms with Crippen molar-refractivity contribution in [2.24, 2.45) is 0 Å². The molecule has 0 fully saturated rings. The second-order valence-corrected chi connectivity index (χ2v) is 4.81. The highest BCUT2D eigenvalue weighted by Gasteiger charge is 2.29. The molecular weight excluding hydrogens is 230 g/mol. The molecular formula is C10H21NO4S. The fraction of sp³-hybridized carbons (Fsp3) is 0.900. The van der Waals surface area contributed by atoms with Gasteiger partial charge in [0.2, 0.25) is 5.91 Å². The van der Waals surface area contributed by atoms with Gasteiger partial charge in [-0.2, -0.15) is 11.8 Å². The van der Waals surface area contributed by atoms with E-state index >= 15 is 0 Å². The van der Waals surface area contributed by atoms with Gasteiger partial charge in [-0.15, -0.1) is 0 Å². The van der Waals surface area contributed by atoms with Gasteiger partial charge in [-0.25, -0.2) is 0 Å². The van der Waals surface area contributed by atoms with Crippen LogP contribution in [0.1, 0.15) is 19.8 Å². The van der Waals surface area contributed by atoms with E-state index in [1.54, 1.807) is 0 Å². The second kappa shape index (κ2) is 8.81. The zero-order valence-corrected chi connectivity index (χ0v) is 10.4. The molecule has 0 aliphatic carbocycles. The minimum Gasteiger partial charge on any atom is -0.394 e. The van der Waals surface area contributed by atoms with E-state index in [1.165, 1.54) is 11.8 Å². The van der Waals surface area contributed by atoms with Gasteiger partial charge in [0.25, 0.3) is 0 Å². The molecule has 0 aromatic rings. The van der Waals surface area contributed by atoms with Crippen molar-refractivity contribution >= 4 is 17.7 Å². The molecule has 16 heavy (non-hydrogen) atoms. The third-order valence-corrected chi connectivity index (χ3v) is 3.23. The molecule has 0 spiro atoms. The number of nitrogens with one attached hydrogen (secondary N) is 1. The first-order valence-corrected chi connectivity index (χ1v) is 6.51. The van der Waals surface area contributed by atoms with Crippen molar-refractivity contribution < 1.29 is 20.1 Å². The first-order chi connectivity index (χ1) is 7.64. The molecule has 0 saturated heterocycles. The van der Waals surface area contributed by atoms with Crippen LogP contribution in [0.2, 0.25) is 0 Å². The van der Waals surface area contributed by atoms with Gasteiger partial charge in [0, 0.05) is 0 Å². The van der Waals surface area contributed by atoms with Crippen molar-refractivity contribution in [3.05, 3.63) is 0 Å². The van der Waals surface area contributed by atoms with E-state index in [2.05, 4.69) is 12.2 Å². The summed E-state index contributed by atoms with van der Waals surface area (Å²) in [6.07, 6.45) is 2.14. The van der Waals surface area contributed by atoms with Crippen molar-refractivity contribution in [1.82, 2.24) is 5.32 Å². The summed E-state index contributed by atoms with van der Waals surface area (Å²) in [6, 6.07) is 0. The van der Waals surface area contributed by atoms with Gasteiger partial charge in [-0.1, -0.05) is 13.3 Å². The van der Waals surface area contributed by atoms with Crippen LogP contribution < -0.4 is 5.32 Å². The predicted octanol–water partition coefficient (Wildman–Crippen LogP) is -0.648. The Bertz CT molecular complexity index is 189. The number of aliphatic hydroxyl groups is 3. The highest BCUT2D eigenvalue weighted by molar-refractivity contribution is 7.99. The Kier molecular flexibility index (Phi) is 8.64. The highest BCUT2D eigenvalue weighted by Crippen LogP contribution is 2.06. The van der Waals surface area contributed by atoms with Crippen molar-refractivity contribution in [3.63, 3.8) is 0 Å². The zero-order chi connectivity index (χ0) is 12.4. The first-order valence-electron chi connectivity index (χ1n) is 5.35. The topological polar surface area (TPSA) is 89.8 Å². The summed E-state index contributed by atoms with van der Waals surface area (Å²) in [5, 5.41) is 29.4. The molecule has 0 bridgehead atoms. The minimum atomic E-state index is -1.30. The van der Waals surface area contributed by atoms with Crippen LogP contribution in [-0.2, 0) is 4.79 Å². The fourth-order valence-corrected chi connectivity index (χ4v) is 1.91. The summed E-state index contributed by atoms with van der Waals surface area (Å²) < 4.78 is 0. The average molecular weight is 251 g/mol. The lowest BCUT2D eigenvalue weighted by molar-refractivity contribution is -0.122. The van der Waals surface area contributed by atoms with Crippen LogP contribution in [0, 0.1) is 0 Å². The minimum absolute atomic E-state index is 0.279. The first kappa shape index (κ1) is 15.7. The van der Waals surface area contributed by atoms with Gasteiger partial charge in [0.05, 0.1) is 25.6 Å². The van der Waals surface area contributed by atoms with Gasteiger partial charge in [-0.05, 0) is 12.2 Å². The molecule has 96 valence electrons. The van der Waals surface area contributed by atoms with E-state index in [0.29, 0.717) is 0 Å². The van der Waals surface area contributed by atoms with Gasteiger partial charge >= 0.3 is 0 Å².